The quantitative estimate of drug-likeness (QED) is 0.825. The molecule has 1 aromatic carbocycles. The zero-order valence-electron chi connectivity index (χ0n) is 13.5. The Kier molecular flexibility index (Phi) is 4.31. The standard InChI is InChI=1S/C16H23NO4S2/c1-12-4-3-5-13(8-12)11-23(20,21)17-14-6-7-15(17)10-16(9-14)22(2,18)19/h3-5,8,14-16H,6-7,9-11H2,1-2H3. The van der Waals surface area contributed by atoms with Crippen molar-refractivity contribution < 1.29 is 16.8 Å². The Hall–Kier alpha value is -0.920. The summed E-state index contributed by atoms with van der Waals surface area (Å²) in [5, 5.41) is -0.398. The predicted molar refractivity (Wildman–Crippen MR) is 90.3 cm³/mol. The molecule has 7 heteroatoms. The Morgan fingerprint density at radius 1 is 1.09 bits per heavy atom. The van der Waals surface area contributed by atoms with Crippen molar-refractivity contribution in [3.63, 3.8) is 0 Å². The van der Waals surface area contributed by atoms with E-state index in [0.29, 0.717) is 12.8 Å². The first-order chi connectivity index (χ1) is 10.7. The van der Waals surface area contributed by atoms with Crippen LogP contribution < -0.4 is 0 Å². The Morgan fingerprint density at radius 3 is 2.22 bits per heavy atom. The number of sulfone groups is 1. The fourth-order valence-corrected chi connectivity index (χ4v) is 7.16. The Balaban J connectivity index is 1.82. The van der Waals surface area contributed by atoms with Crippen molar-refractivity contribution >= 4 is 19.9 Å². The Bertz CT molecular complexity index is 787. The second-order valence-corrected chi connectivity index (χ2v) is 11.1. The van der Waals surface area contributed by atoms with Crippen LogP contribution in [0.2, 0.25) is 0 Å². The van der Waals surface area contributed by atoms with Gasteiger partial charge >= 0.3 is 0 Å². The van der Waals surface area contributed by atoms with Gasteiger partial charge in [-0.3, -0.25) is 0 Å². The molecule has 128 valence electrons. The fraction of sp³-hybridized carbons (Fsp3) is 0.625. The summed E-state index contributed by atoms with van der Waals surface area (Å²) in [5.41, 5.74) is 1.83. The van der Waals surface area contributed by atoms with Crippen molar-refractivity contribution in [1.82, 2.24) is 4.31 Å². The van der Waals surface area contributed by atoms with Gasteiger partial charge in [0.1, 0.15) is 9.84 Å². The van der Waals surface area contributed by atoms with E-state index in [9.17, 15) is 16.8 Å². The average molecular weight is 357 g/mol. The maximum atomic E-state index is 12.9. The molecule has 0 amide bonds. The van der Waals surface area contributed by atoms with Gasteiger partial charge in [-0.1, -0.05) is 29.8 Å². The van der Waals surface area contributed by atoms with Gasteiger partial charge in [0.05, 0.1) is 11.0 Å². The molecule has 0 aliphatic carbocycles. The lowest BCUT2D eigenvalue weighted by atomic mass is 10.1. The Morgan fingerprint density at radius 2 is 1.70 bits per heavy atom. The molecule has 0 spiro atoms. The number of sulfonamides is 1. The maximum Gasteiger partial charge on any atom is 0.218 e. The highest BCUT2D eigenvalue weighted by molar-refractivity contribution is 7.91. The number of piperidine rings is 1. The molecule has 0 aromatic heterocycles. The van der Waals surface area contributed by atoms with E-state index in [1.807, 2.05) is 31.2 Å². The molecule has 2 saturated heterocycles. The molecular weight excluding hydrogens is 334 g/mol. The summed E-state index contributed by atoms with van der Waals surface area (Å²) in [5.74, 6) is -0.00871. The van der Waals surface area contributed by atoms with Crippen LogP contribution in [0.3, 0.4) is 0 Å². The van der Waals surface area contributed by atoms with E-state index in [1.54, 1.807) is 4.31 Å². The molecule has 2 bridgehead atoms. The van der Waals surface area contributed by atoms with Crippen molar-refractivity contribution in [3.8, 4) is 0 Å². The van der Waals surface area contributed by atoms with E-state index in [2.05, 4.69) is 0 Å². The van der Waals surface area contributed by atoms with Crippen molar-refractivity contribution in [2.45, 2.75) is 55.7 Å². The summed E-state index contributed by atoms with van der Waals surface area (Å²) >= 11 is 0. The maximum absolute atomic E-state index is 12.9. The molecule has 0 radical (unpaired) electrons. The van der Waals surface area contributed by atoms with Crippen molar-refractivity contribution in [2.75, 3.05) is 6.26 Å². The van der Waals surface area contributed by atoms with E-state index >= 15 is 0 Å². The first-order valence-corrected chi connectivity index (χ1v) is 11.5. The second kappa shape index (κ2) is 5.86. The number of hydrogen-bond donors (Lipinski definition) is 0. The predicted octanol–water partition coefficient (Wildman–Crippen LogP) is 1.86. The van der Waals surface area contributed by atoms with Gasteiger partial charge in [-0.15, -0.1) is 0 Å². The van der Waals surface area contributed by atoms with Gasteiger partial charge in [0, 0.05) is 18.3 Å². The van der Waals surface area contributed by atoms with Crippen LogP contribution >= 0.6 is 0 Å². The fourth-order valence-electron chi connectivity index (χ4n) is 3.97. The zero-order valence-corrected chi connectivity index (χ0v) is 15.1. The van der Waals surface area contributed by atoms with E-state index in [4.69, 9.17) is 0 Å². The number of benzene rings is 1. The summed E-state index contributed by atoms with van der Waals surface area (Å²) in [7, 11) is -6.53. The number of hydrogen-bond acceptors (Lipinski definition) is 4. The lowest BCUT2D eigenvalue weighted by molar-refractivity contribution is 0.249. The van der Waals surface area contributed by atoms with E-state index in [-0.39, 0.29) is 17.8 Å². The van der Waals surface area contributed by atoms with Crippen LogP contribution in [-0.2, 0) is 25.6 Å². The highest BCUT2D eigenvalue weighted by Gasteiger charge is 2.48. The molecule has 2 heterocycles. The molecule has 0 saturated carbocycles. The summed E-state index contributed by atoms with van der Waals surface area (Å²) in [4.78, 5) is 0. The minimum absolute atomic E-state index is 0.00871. The third kappa shape index (κ3) is 3.46. The molecule has 0 N–H and O–H groups in total. The normalized spacial score (nSPS) is 28.9. The molecular formula is C16H23NO4S2. The third-order valence-electron chi connectivity index (χ3n) is 4.98. The lowest BCUT2D eigenvalue weighted by Crippen LogP contribution is -2.49. The summed E-state index contributed by atoms with van der Waals surface area (Å²) in [6.07, 6.45) is 3.66. The highest BCUT2D eigenvalue weighted by Crippen LogP contribution is 2.40. The lowest BCUT2D eigenvalue weighted by Gasteiger charge is -2.37. The zero-order chi connectivity index (χ0) is 16.8. The summed E-state index contributed by atoms with van der Waals surface area (Å²) in [6, 6.07) is 7.20. The van der Waals surface area contributed by atoms with Gasteiger partial charge in [0.15, 0.2) is 0 Å². The first-order valence-electron chi connectivity index (χ1n) is 7.92. The number of rotatable bonds is 4. The molecule has 5 nitrogen and oxygen atoms in total. The van der Waals surface area contributed by atoms with Crippen LogP contribution in [0.25, 0.3) is 0 Å². The molecule has 2 unspecified atom stereocenters. The van der Waals surface area contributed by atoms with Gasteiger partial charge in [-0.2, -0.15) is 4.31 Å². The minimum Gasteiger partial charge on any atom is -0.229 e. The van der Waals surface area contributed by atoms with E-state index in [1.165, 1.54) is 6.26 Å². The highest BCUT2D eigenvalue weighted by atomic mass is 32.2. The van der Waals surface area contributed by atoms with Gasteiger partial charge < -0.3 is 0 Å². The molecule has 2 fully saturated rings. The smallest absolute Gasteiger partial charge is 0.218 e. The van der Waals surface area contributed by atoms with E-state index in [0.717, 1.165) is 24.0 Å². The minimum atomic E-state index is -3.42. The van der Waals surface area contributed by atoms with Crippen molar-refractivity contribution in [2.24, 2.45) is 0 Å². The van der Waals surface area contributed by atoms with Gasteiger partial charge in [0.25, 0.3) is 0 Å². The van der Waals surface area contributed by atoms with Crippen LogP contribution in [0.4, 0.5) is 0 Å². The monoisotopic (exact) mass is 357 g/mol. The second-order valence-electron chi connectivity index (χ2n) is 6.88. The van der Waals surface area contributed by atoms with Gasteiger partial charge in [0.2, 0.25) is 10.0 Å². The van der Waals surface area contributed by atoms with Crippen LogP contribution in [0.5, 0.6) is 0 Å². The number of nitrogens with zero attached hydrogens (tertiary/aromatic N) is 1. The van der Waals surface area contributed by atoms with Crippen LogP contribution in [0.1, 0.15) is 36.8 Å². The molecule has 2 atom stereocenters. The number of fused-ring (bicyclic) bond motifs is 2. The van der Waals surface area contributed by atoms with Gasteiger partial charge in [-0.25, -0.2) is 16.8 Å². The third-order valence-corrected chi connectivity index (χ3v) is 8.51. The average Bonchev–Trinajstić information content (AvgIpc) is 2.69. The van der Waals surface area contributed by atoms with Crippen molar-refractivity contribution in [1.29, 1.82) is 0 Å². The van der Waals surface area contributed by atoms with Crippen molar-refractivity contribution in [3.05, 3.63) is 35.4 Å². The topological polar surface area (TPSA) is 71.5 Å². The Labute approximate surface area is 138 Å². The SMILES string of the molecule is Cc1cccc(CS(=O)(=O)N2C3CCC2CC(S(C)(=O)=O)C3)c1. The summed E-state index contributed by atoms with van der Waals surface area (Å²) in [6.45, 7) is 1.94. The molecule has 3 rings (SSSR count). The van der Waals surface area contributed by atoms with Crippen LogP contribution in [0.15, 0.2) is 24.3 Å². The van der Waals surface area contributed by atoms with Crippen LogP contribution in [0, 0.1) is 6.92 Å². The molecule has 2 aliphatic rings. The van der Waals surface area contributed by atoms with E-state index < -0.39 is 25.1 Å². The largest absolute Gasteiger partial charge is 0.229 e. The molecule has 1 aromatic rings. The van der Waals surface area contributed by atoms with Crippen LogP contribution in [-0.4, -0.2) is 44.7 Å². The van der Waals surface area contributed by atoms with Gasteiger partial charge in [-0.05, 0) is 38.2 Å². The number of aryl methyl sites for hydroxylation is 1. The molecule has 23 heavy (non-hydrogen) atoms. The summed E-state index contributed by atoms with van der Waals surface area (Å²) < 4.78 is 51.0. The molecule has 2 aliphatic heterocycles. The first kappa shape index (κ1) is 16.9.